The molecule has 3 aromatic carbocycles. The molecule has 3 amide bonds. The van der Waals surface area contributed by atoms with Crippen molar-refractivity contribution in [3.8, 4) is 0 Å². The van der Waals surface area contributed by atoms with Gasteiger partial charge in [0.2, 0.25) is 11.8 Å². The lowest BCUT2D eigenvalue weighted by Crippen LogP contribution is -2.57. The molecule has 1 aromatic heterocycles. The molecule has 0 aliphatic carbocycles. The Hall–Kier alpha value is -4.10. The van der Waals surface area contributed by atoms with Crippen LogP contribution in [0.4, 0.5) is 0 Å². The average Bonchev–Trinajstić information content (AvgIpc) is 3.46. The minimum Gasteiger partial charge on any atom is -0.356 e. The first-order chi connectivity index (χ1) is 18.8. The number of fused-ring (bicyclic) bond motifs is 7. The first-order valence-corrected chi connectivity index (χ1v) is 13.6. The number of hydrogen-bond donors (Lipinski definition) is 3. The largest absolute Gasteiger partial charge is 0.356 e. The summed E-state index contributed by atoms with van der Waals surface area (Å²) in [6, 6.07) is 20.9. The molecule has 0 radical (unpaired) electrons. The van der Waals surface area contributed by atoms with Gasteiger partial charge in [0.25, 0.3) is 5.91 Å². The molecule has 2 aliphatic heterocycles. The quantitative estimate of drug-likeness (QED) is 0.329. The maximum Gasteiger partial charge on any atom is 0.255 e. The van der Waals surface area contributed by atoms with Crippen LogP contribution in [0.1, 0.15) is 52.6 Å². The number of halogens is 1. The summed E-state index contributed by atoms with van der Waals surface area (Å²) in [5.74, 6) is -0.989. The van der Waals surface area contributed by atoms with Gasteiger partial charge in [0, 0.05) is 40.1 Å². The minimum atomic E-state index is -0.775. The first kappa shape index (κ1) is 25.2. The van der Waals surface area contributed by atoms with Crippen molar-refractivity contribution < 1.29 is 14.4 Å². The van der Waals surface area contributed by atoms with Crippen LogP contribution in [0, 0.1) is 5.92 Å². The second-order valence-electron chi connectivity index (χ2n) is 10.5. The SMILES string of the molecule is CC(C)C(NC(=O)C1Cc2c([nH]c3ccccc23)C2c3ccccc3C(=O)N12)C(=O)NCc1ccccc1Cl. The number of H-pyrrole nitrogens is 1. The van der Waals surface area contributed by atoms with E-state index in [9.17, 15) is 14.4 Å². The molecule has 7 nitrogen and oxygen atoms in total. The fourth-order valence-electron chi connectivity index (χ4n) is 5.86. The van der Waals surface area contributed by atoms with Crippen LogP contribution in [-0.4, -0.2) is 39.7 Å². The lowest BCUT2D eigenvalue weighted by molar-refractivity contribution is -0.133. The van der Waals surface area contributed by atoms with Gasteiger partial charge in [-0.15, -0.1) is 0 Å². The number of benzene rings is 3. The summed E-state index contributed by atoms with van der Waals surface area (Å²) >= 11 is 6.25. The third kappa shape index (κ3) is 4.27. The van der Waals surface area contributed by atoms with E-state index in [4.69, 9.17) is 11.6 Å². The van der Waals surface area contributed by atoms with Crippen LogP contribution < -0.4 is 10.6 Å². The number of para-hydroxylation sites is 1. The van der Waals surface area contributed by atoms with Gasteiger partial charge >= 0.3 is 0 Å². The number of aromatic amines is 1. The van der Waals surface area contributed by atoms with Gasteiger partial charge in [-0.25, -0.2) is 0 Å². The molecule has 8 heteroatoms. The van der Waals surface area contributed by atoms with Gasteiger partial charge in [0.05, 0.1) is 6.04 Å². The molecule has 3 N–H and O–H groups in total. The predicted molar refractivity (Wildman–Crippen MR) is 150 cm³/mol. The molecular weight excluding hydrogens is 512 g/mol. The number of nitrogens with zero attached hydrogens (tertiary/aromatic N) is 1. The molecule has 0 bridgehead atoms. The smallest absolute Gasteiger partial charge is 0.255 e. The zero-order valence-electron chi connectivity index (χ0n) is 21.7. The number of carbonyl (C=O) groups is 3. The van der Waals surface area contributed by atoms with E-state index < -0.39 is 18.1 Å². The van der Waals surface area contributed by atoms with Crippen molar-refractivity contribution in [3.05, 3.63) is 106 Å². The summed E-state index contributed by atoms with van der Waals surface area (Å²) < 4.78 is 0. The lowest BCUT2D eigenvalue weighted by Gasteiger charge is -2.38. The van der Waals surface area contributed by atoms with E-state index >= 15 is 0 Å². The van der Waals surface area contributed by atoms with E-state index in [2.05, 4.69) is 15.6 Å². The Morgan fingerprint density at radius 2 is 1.74 bits per heavy atom. The topological polar surface area (TPSA) is 94.3 Å². The summed E-state index contributed by atoms with van der Waals surface area (Å²) in [5, 5.41) is 7.50. The molecule has 39 heavy (non-hydrogen) atoms. The molecule has 0 spiro atoms. The average molecular weight is 541 g/mol. The summed E-state index contributed by atoms with van der Waals surface area (Å²) in [5.41, 5.74) is 5.22. The van der Waals surface area contributed by atoms with E-state index in [0.717, 1.165) is 33.3 Å². The third-order valence-corrected chi connectivity index (χ3v) is 8.18. The Bertz CT molecular complexity index is 1610. The van der Waals surface area contributed by atoms with Crippen LogP contribution in [0.25, 0.3) is 10.9 Å². The van der Waals surface area contributed by atoms with Gasteiger partial charge in [-0.2, -0.15) is 0 Å². The van der Waals surface area contributed by atoms with Crippen LogP contribution in [0.2, 0.25) is 5.02 Å². The molecule has 0 saturated heterocycles. The highest BCUT2D eigenvalue weighted by molar-refractivity contribution is 6.31. The van der Waals surface area contributed by atoms with Gasteiger partial charge in [-0.3, -0.25) is 14.4 Å². The van der Waals surface area contributed by atoms with E-state index in [1.54, 1.807) is 11.0 Å². The molecule has 3 unspecified atom stereocenters. The molecule has 0 saturated carbocycles. The number of rotatable bonds is 6. The van der Waals surface area contributed by atoms with Crippen molar-refractivity contribution in [2.24, 2.45) is 5.92 Å². The minimum absolute atomic E-state index is 0.172. The molecular formula is C31H29ClN4O3. The van der Waals surface area contributed by atoms with Crippen molar-refractivity contribution in [1.29, 1.82) is 0 Å². The standard InChI is InChI=1S/C31H29ClN4O3/c1-17(2)26(30(38)33-16-18-9-3-7-13-23(18)32)35-29(37)25-15-22-19-10-6-8-14-24(19)34-27(22)28-20-11-4-5-12-21(20)31(39)36(25)28/h3-14,17,25-26,28,34H,15-16H2,1-2H3,(H,33,38)(H,35,37). The number of carbonyl (C=O) groups excluding carboxylic acids is 3. The van der Waals surface area contributed by atoms with Crippen LogP contribution in [0.3, 0.4) is 0 Å². The normalized spacial score (nSPS) is 18.5. The number of amides is 3. The molecule has 2 aliphatic rings. The Kier molecular flexibility index (Phi) is 6.39. The molecule has 4 aromatic rings. The van der Waals surface area contributed by atoms with E-state index in [1.165, 1.54) is 0 Å². The molecule has 3 heterocycles. The summed E-state index contributed by atoms with van der Waals surface area (Å²) in [7, 11) is 0. The van der Waals surface area contributed by atoms with Crippen molar-refractivity contribution in [2.75, 3.05) is 0 Å². The number of aromatic nitrogens is 1. The van der Waals surface area contributed by atoms with Crippen molar-refractivity contribution in [3.63, 3.8) is 0 Å². The van der Waals surface area contributed by atoms with Crippen LogP contribution in [0.5, 0.6) is 0 Å². The number of nitrogens with one attached hydrogen (secondary N) is 3. The maximum atomic E-state index is 13.9. The van der Waals surface area contributed by atoms with Gasteiger partial charge in [-0.1, -0.05) is 80.0 Å². The highest BCUT2D eigenvalue weighted by Crippen LogP contribution is 2.46. The zero-order chi connectivity index (χ0) is 27.3. The van der Waals surface area contributed by atoms with E-state index in [1.807, 2.05) is 80.6 Å². The highest BCUT2D eigenvalue weighted by atomic mass is 35.5. The maximum absolute atomic E-state index is 13.9. The predicted octanol–water partition coefficient (Wildman–Crippen LogP) is 4.75. The van der Waals surface area contributed by atoms with Gasteiger partial charge in [0.1, 0.15) is 12.1 Å². The molecule has 6 rings (SSSR count). The molecule has 3 atom stereocenters. The second kappa shape index (κ2) is 9.89. The van der Waals surface area contributed by atoms with Crippen LogP contribution in [0.15, 0.2) is 72.8 Å². The monoisotopic (exact) mass is 540 g/mol. The summed E-state index contributed by atoms with van der Waals surface area (Å²) in [6.45, 7) is 4.03. The van der Waals surface area contributed by atoms with Crippen LogP contribution >= 0.6 is 11.6 Å². The van der Waals surface area contributed by atoms with Gasteiger partial charge in [-0.05, 0) is 40.8 Å². The Labute approximate surface area is 231 Å². The van der Waals surface area contributed by atoms with E-state index in [-0.39, 0.29) is 30.2 Å². The van der Waals surface area contributed by atoms with Crippen LogP contribution in [-0.2, 0) is 22.6 Å². The zero-order valence-corrected chi connectivity index (χ0v) is 22.5. The number of hydrogen-bond acceptors (Lipinski definition) is 3. The Morgan fingerprint density at radius 1 is 1.03 bits per heavy atom. The Balaban J connectivity index is 1.31. The lowest BCUT2D eigenvalue weighted by atomic mass is 9.89. The van der Waals surface area contributed by atoms with E-state index in [0.29, 0.717) is 17.0 Å². The first-order valence-electron chi connectivity index (χ1n) is 13.2. The highest BCUT2D eigenvalue weighted by Gasteiger charge is 2.49. The fraction of sp³-hybridized carbons (Fsp3) is 0.258. The van der Waals surface area contributed by atoms with Crippen molar-refractivity contribution >= 4 is 40.2 Å². The Morgan fingerprint density at radius 3 is 2.54 bits per heavy atom. The second-order valence-corrected chi connectivity index (χ2v) is 10.9. The third-order valence-electron chi connectivity index (χ3n) is 7.81. The van der Waals surface area contributed by atoms with Crippen molar-refractivity contribution in [2.45, 2.75) is 44.9 Å². The summed E-state index contributed by atoms with van der Waals surface area (Å²) in [4.78, 5) is 46.0. The van der Waals surface area contributed by atoms with Gasteiger partial charge in [0.15, 0.2) is 0 Å². The van der Waals surface area contributed by atoms with Gasteiger partial charge < -0.3 is 20.5 Å². The molecule has 0 fully saturated rings. The fourth-order valence-corrected chi connectivity index (χ4v) is 6.06. The summed E-state index contributed by atoms with van der Waals surface area (Å²) in [6.07, 6.45) is 0.355. The molecule has 198 valence electrons. The van der Waals surface area contributed by atoms with Crippen molar-refractivity contribution in [1.82, 2.24) is 20.5 Å².